The molecule has 2 rings (SSSR count). The Bertz CT molecular complexity index is 751. The number of nitrogens with one attached hydrogen (secondary N) is 2. The topological polar surface area (TPSA) is 50.4 Å². The molecule has 2 aromatic rings. The molecule has 0 saturated carbocycles. The molecule has 0 fully saturated rings. The lowest BCUT2D eigenvalue weighted by Gasteiger charge is -2.17. The number of halogens is 2. The lowest BCUT2D eigenvalue weighted by Crippen LogP contribution is -2.30. The molecule has 138 valence electrons. The fourth-order valence-electron chi connectivity index (χ4n) is 2.38. The van der Waals surface area contributed by atoms with Crippen molar-refractivity contribution >= 4 is 58.3 Å². The van der Waals surface area contributed by atoms with E-state index < -0.39 is 0 Å². The number of ether oxygens (including phenoxy) is 1. The van der Waals surface area contributed by atoms with E-state index in [1.54, 1.807) is 18.2 Å². The van der Waals surface area contributed by atoms with Gasteiger partial charge in [0.2, 0.25) is 0 Å². The maximum Gasteiger partial charge on any atom is 0.310 e. The quantitative estimate of drug-likeness (QED) is 0.442. The summed E-state index contributed by atoms with van der Waals surface area (Å²) in [7, 11) is 0. The third-order valence-corrected chi connectivity index (χ3v) is 4.55. The highest BCUT2D eigenvalue weighted by Gasteiger charge is 2.15. The number of thiocarbonyl (C=S) groups is 1. The molecule has 1 unspecified atom stereocenters. The van der Waals surface area contributed by atoms with Crippen molar-refractivity contribution in [3.8, 4) is 0 Å². The normalized spacial score (nSPS) is 11.5. The van der Waals surface area contributed by atoms with Crippen molar-refractivity contribution in [1.82, 2.24) is 5.32 Å². The van der Waals surface area contributed by atoms with E-state index in [4.69, 9.17) is 40.2 Å². The van der Waals surface area contributed by atoms with Gasteiger partial charge in [-0.05, 0) is 30.2 Å². The van der Waals surface area contributed by atoms with Crippen LogP contribution in [0.25, 0.3) is 0 Å². The first-order chi connectivity index (χ1) is 12.5. The maximum atomic E-state index is 12.3. The van der Waals surface area contributed by atoms with Crippen LogP contribution in [0.5, 0.6) is 0 Å². The van der Waals surface area contributed by atoms with Gasteiger partial charge in [-0.15, -0.1) is 0 Å². The van der Waals surface area contributed by atoms with Crippen LogP contribution in [0.3, 0.4) is 0 Å². The first kappa shape index (κ1) is 20.5. The van der Waals surface area contributed by atoms with Gasteiger partial charge in [0.15, 0.2) is 0 Å². The summed E-state index contributed by atoms with van der Waals surface area (Å²) in [5.74, 6) is -0.303. The first-order valence-electron chi connectivity index (χ1n) is 8.20. The predicted octanol–water partition coefficient (Wildman–Crippen LogP) is 5.15. The number of para-hydroxylation sites is 2. The number of carbonyl (C=O) groups excluding carboxylic acids is 1. The van der Waals surface area contributed by atoms with Gasteiger partial charge in [-0.1, -0.05) is 66.6 Å². The Kier molecular flexibility index (Phi) is 8.16. The molecular weight excluding hydrogens is 391 g/mol. The Balaban J connectivity index is 2.11. The molecule has 7 heteroatoms. The summed E-state index contributed by atoms with van der Waals surface area (Å²) in [5, 5.41) is 7.12. The van der Waals surface area contributed by atoms with Crippen LogP contribution in [-0.2, 0) is 16.0 Å². The second-order valence-electron chi connectivity index (χ2n) is 5.60. The van der Waals surface area contributed by atoms with Crippen LogP contribution >= 0.6 is 35.4 Å². The number of benzene rings is 2. The number of anilines is 2. The summed E-state index contributed by atoms with van der Waals surface area (Å²) in [6.07, 6.45) is 0.621. The molecule has 0 aliphatic rings. The van der Waals surface area contributed by atoms with E-state index in [1.165, 1.54) is 5.49 Å². The Labute approximate surface area is 168 Å². The molecule has 0 radical (unpaired) electrons. The highest BCUT2D eigenvalue weighted by atomic mass is 35.5. The van der Waals surface area contributed by atoms with Gasteiger partial charge in [0.25, 0.3) is 0 Å². The summed E-state index contributed by atoms with van der Waals surface area (Å²) in [5.41, 5.74) is 3.58. The Hall–Kier alpha value is -1.82. The molecule has 0 aliphatic carbocycles. The SMILES string of the molecule is CCC(CNC=S)OC(=O)Cc1ccccc1Nc1c(Cl)cccc1Cl. The van der Waals surface area contributed by atoms with Gasteiger partial charge in [-0.3, -0.25) is 4.79 Å². The van der Waals surface area contributed by atoms with Gasteiger partial charge < -0.3 is 15.4 Å². The highest BCUT2D eigenvalue weighted by Crippen LogP contribution is 2.33. The third kappa shape index (κ3) is 5.87. The molecular formula is C19H20Cl2N2O2S. The number of esters is 1. The van der Waals surface area contributed by atoms with E-state index in [0.717, 1.165) is 11.3 Å². The van der Waals surface area contributed by atoms with Crippen LogP contribution in [0.15, 0.2) is 42.5 Å². The van der Waals surface area contributed by atoms with E-state index in [0.29, 0.717) is 28.7 Å². The Morgan fingerprint density at radius 3 is 2.54 bits per heavy atom. The number of rotatable bonds is 9. The highest BCUT2D eigenvalue weighted by molar-refractivity contribution is 7.78. The Morgan fingerprint density at radius 2 is 1.88 bits per heavy atom. The summed E-state index contributed by atoms with van der Waals surface area (Å²) < 4.78 is 5.51. The van der Waals surface area contributed by atoms with Gasteiger partial charge in [0.05, 0.1) is 34.2 Å². The van der Waals surface area contributed by atoms with Crippen LogP contribution < -0.4 is 10.6 Å². The van der Waals surface area contributed by atoms with Crippen LogP contribution in [0.4, 0.5) is 11.4 Å². The Morgan fingerprint density at radius 1 is 1.19 bits per heavy atom. The van der Waals surface area contributed by atoms with Crippen molar-refractivity contribution in [2.45, 2.75) is 25.9 Å². The first-order valence-corrected chi connectivity index (χ1v) is 9.43. The van der Waals surface area contributed by atoms with E-state index in [9.17, 15) is 4.79 Å². The molecule has 0 amide bonds. The van der Waals surface area contributed by atoms with E-state index >= 15 is 0 Å². The largest absolute Gasteiger partial charge is 0.460 e. The van der Waals surface area contributed by atoms with Crippen LogP contribution in [0, 0.1) is 0 Å². The molecule has 0 aromatic heterocycles. The molecule has 26 heavy (non-hydrogen) atoms. The van der Waals surface area contributed by atoms with E-state index in [-0.39, 0.29) is 18.5 Å². The van der Waals surface area contributed by atoms with Crippen molar-refractivity contribution in [1.29, 1.82) is 0 Å². The van der Waals surface area contributed by atoms with Crippen molar-refractivity contribution in [3.63, 3.8) is 0 Å². The zero-order valence-corrected chi connectivity index (χ0v) is 16.6. The third-order valence-electron chi connectivity index (χ3n) is 3.76. The number of hydrogen-bond acceptors (Lipinski definition) is 4. The average molecular weight is 411 g/mol. The van der Waals surface area contributed by atoms with Crippen LogP contribution in [-0.4, -0.2) is 24.1 Å². The minimum absolute atomic E-state index is 0.138. The van der Waals surface area contributed by atoms with Crippen molar-refractivity contribution in [2.75, 3.05) is 11.9 Å². The summed E-state index contributed by atoms with van der Waals surface area (Å²) in [6, 6.07) is 12.8. The van der Waals surface area contributed by atoms with Gasteiger partial charge >= 0.3 is 5.97 Å². The molecule has 0 bridgehead atoms. The molecule has 4 nitrogen and oxygen atoms in total. The number of carbonyl (C=O) groups is 1. The zero-order chi connectivity index (χ0) is 18.9. The molecule has 1 atom stereocenters. The predicted molar refractivity (Wildman–Crippen MR) is 112 cm³/mol. The summed E-state index contributed by atoms with van der Waals surface area (Å²) in [6.45, 7) is 2.46. The summed E-state index contributed by atoms with van der Waals surface area (Å²) in [4.78, 5) is 12.3. The molecule has 0 heterocycles. The van der Waals surface area contributed by atoms with Crippen LogP contribution in [0.2, 0.25) is 10.0 Å². The molecule has 0 saturated heterocycles. The zero-order valence-electron chi connectivity index (χ0n) is 14.3. The second kappa shape index (κ2) is 10.4. The lowest BCUT2D eigenvalue weighted by atomic mass is 10.1. The average Bonchev–Trinajstić information content (AvgIpc) is 2.63. The van der Waals surface area contributed by atoms with Gasteiger partial charge in [-0.2, -0.15) is 0 Å². The van der Waals surface area contributed by atoms with Crippen molar-refractivity contribution in [2.24, 2.45) is 0 Å². The summed E-state index contributed by atoms with van der Waals surface area (Å²) >= 11 is 17.2. The van der Waals surface area contributed by atoms with Gasteiger partial charge in [0.1, 0.15) is 6.10 Å². The van der Waals surface area contributed by atoms with Gasteiger partial charge in [0, 0.05) is 5.69 Å². The fourth-order valence-corrected chi connectivity index (χ4v) is 2.97. The molecule has 2 N–H and O–H groups in total. The van der Waals surface area contributed by atoms with Crippen molar-refractivity contribution < 1.29 is 9.53 Å². The second-order valence-corrected chi connectivity index (χ2v) is 6.65. The molecule has 0 spiro atoms. The van der Waals surface area contributed by atoms with Crippen molar-refractivity contribution in [3.05, 3.63) is 58.1 Å². The number of hydrogen-bond donors (Lipinski definition) is 2. The fraction of sp³-hybridized carbons (Fsp3) is 0.263. The van der Waals surface area contributed by atoms with Crippen LogP contribution in [0.1, 0.15) is 18.9 Å². The smallest absolute Gasteiger partial charge is 0.310 e. The maximum absolute atomic E-state index is 12.3. The van der Waals surface area contributed by atoms with E-state index in [1.807, 2.05) is 31.2 Å². The minimum atomic E-state index is -0.303. The van der Waals surface area contributed by atoms with E-state index in [2.05, 4.69) is 10.6 Å². The standard InChI is InChI=1S/C19H20Cl2N2O2S/c1-2-14(11-22-12-26)25-18(24)10-13-6-3-4-9-17(13)23-19-15(20)7-5-8-16(19)21/h3-9,12,14,23H,2,10-11H2,1H3,(H,22,26). The molecule has 2 aromatic carbocycles. The van der Waals surface area contributed by atoms with Gasteiger partial charge in [-0.25, -0.2) is 0 Å². The minimum Gasteiger partial charge on any atom is -0.460 e. The monoisotopic (exact) mass is 410 g/mol. The lowest BCUT2D eigenvalue weighted by molar-refractivity contribution is -0.148. The molecule has 0 aliphatic heterocycles.